The van der Waals surface area contributed by atoms with Crippen molar-refractivity contribution in [3.05, 3.63) is 69.8 Å². The summed E-state index contributed by atoms with van der Waals surface area (Å²) in [6.07, 6.45) is -21.4. The van der Waals surface area contributed by atoms with E-state index < -0.39 is 69.7 Å². The van der Waals surface area contributed by atoms with Crippen LogP contribution in [-0.2, 0) is 30.3 Å². The summed E-state index contributed by atoms with van der Waals surface area (Å²) in [5, 5.41) is 14.0. The van der Waals surface area contributed by atoms with Crippen LogP contribution in [0.5, 0.6) is 0 Å². The average Bonchev–Trinajstić information content (AvgIpc) is 3.25. The molecule has 0 unspecified atom stereocenters. The SMILES string of the molecule is OC(c1cc(C(F)(F)F)cc(C(F)(F)F)c1)(c1cc(C(F)(F)F)cc(C(F)(F)F)c1)[C@H]1CCCN1. The van der Waals surface area contributed by atoms with Crippen molar-refractivity contribution >= 4 is 0 Å². The first-order valence-corrected chi connectivity index (χ1v) is 9.79. The lowest BCUT2D eigenvalue weighted by Crippen LogP contribution is -2.46. The van der Waals surface area contributed by atoms with Crippen LogP contribution in [0.25, 0.3) is 0 Å². The Kier molecular flexibility index (Phi) is 6.64. The van der Waals surface area contributed by atoms with Gasteiger partial charge in [0.05, 0.1) is 22.3 Å². The molecule has 0 bridgehead atoms. The van der Waals surface area contributed by atoms with Gasteiger partial charge >= 0.3 is 24.7 Å². The summed E-state index contributed by atoms with van der Waals surface area (Å²) in [5.41, 5.74) is -13.0. The molecule has 0 amide bonds. The van der Waals surface area contributed by atoms with Gasteiger partial charge in [-0.05, 0) is 66.9 Å². The molecule has 1 fully saturated rings. The Morgan fingerprint density at radius 3 is 1.06 bits per heavy atom. The van der Waals surface area contributed by atoms with Crippen LogP contribution in [0.1, 0.15) is 46.2 Å². The van der Waals surface area contributed by atoms with Gasteiger partial charge in [-0.1, -0.05) is 0 Å². The number of hydrogen-bond acceptors (Lipinski definition) is 2. The maximum absolute atomic E-state index is 13.4. The highest BCUT2D eigenvalue weighted by atomic mass is 19.4. The molecule has 0 spiro atoms. The summed E-state index contributed by atoms with van der Waals surface area (Å²) in [7, 11) is 0. The molecule has 1 saturated heterocycles. The molecule has 2 aromatic rings. The molecule has 0 saturated carbocycles. The molecule has 0 radical (unpaired) electrons. The average molecular weight is 525 g/mol. The topological polar surface area (TPSA) is 32.3 Å². The molecule has 1 aliphatic rings. The first kappa shape index (κ1) is 27.1. The van der Waals surface area contributed by atoms with Crippen LogP contribution in [-0.4, -0.2) is 17.7 Å². The Labute approximate surface area is 189 Å². The maximum Gasteiger partial charge on any atom is 0.416 e. The number of hydrogen-bond donors (Lipinski definition) is 2. The van der Waals surface area contributed by atoms with Crippen molar-refractivity contribution < 1.29 is 57.8 Å². The van der Waals surface area contributed by atoms with Crippen molar-refractivity contribution in [2.24, 2.45) is 0 Å². The van der Waals surface area contributed by atoms with Crippen LogP contribution in [0.4, 0.5) is 52.7 Å². The van der Waals surface area contributed by atoms with Crippen LogP contribution < -0.4 is 5.32 Å². The first-order valence-electron chi connectivity index (χ1n) is 9.79. The van der Waals surface area contributed by atoms with Crippen LogP contribution in [0.3, 0.4) is 0 Å². The summed E-state index contributed by atoms with van der Waals surface area (Å²) in [6, 6.07) is -1.67. The minimum Gasteiger partial charge on any atom is -0.379 e. The van der Waals surface area contributed by atoms with E-state index in [9.17, 15) is 57.8 Å². The molecule has 1 heterocycles. The highest BCUT2D eigenvalue weighted by Crippen LogP contribution is 2.45. The quantitative estimate of drug-likeness (QED) is 0.435. The molecular formula is C21H15F12NO. The predicted molar refractivity (Wildman–Crippen MR) is 96.9 cm³/mol. The maximum atomic E-state index is 13.4. The molecule has 3 rings (SSSR count). The lowest BCUT2D eigenvalue weighted by Gasteiger charge is -2.37. The van der Waals surface area contributed by atoms with Crippen LogP contribution in [0.2, 0.25) is 0 Å². The molecule has 2 aromatic carbocycles. The standard InChI is InChI=1S/C21H15F12NO/c22-18(23,24)12-4-10(5-13(8-12)19(25,26)27)17(35,16-2-1-3-34-16)11-6-14(20(28,29)30)9-15(7-11)21(31,32)33/h4-9,16,34-35H,1-3H2/t16-/m1/s1. The highest BCUT2D eigenvalue weighted by Gasteiger charge is 2.47. The van der Waals surface area contributed by atoms with Crippen molar-refractivity contribution in [1.29, 1.82) is 0 Å². The van der Waals surface area contributed by atoms with E-state index in [4.69, 9.17) is 0 Å². The van der Waals surface area contributed by atoms with Crippen LogP contribution in [0, 0.1) is 0 Å². The van der Waals surface area contributed by atoms with E-state index in [0.29, 0.717) is 0 Å². The monoisotopic (exact) mass is 525 g/mol. The third kappa shape index (κ3) is 5.52. The highest BCUT2D eigenvalue weighted by molar-refractivity contribution is 5.47. The minimum absolute atomic E-state index is 0.0587. The molecule has 0 aromatic heterocycles. The summed E-state index contributed by atoms with van der Waals surface area (Å²) in [4.78, 5) is 0. The van der Waals surface area contributed by atoms with E-state index in [1.165, 1.54) is 0 Å². The van der Waals surface area contributed by atoms with Crippen molar-refractivity contribution in [2.75, 3.05) is 6.54 Å². The first-order chi connectivity index (χ1) is 15.7. The van der Waals surface area contributed by atoms with E-state index in [1.54, 1.807) is 0 Å². The summed E-state index contributed by atoms with van der Waals surface area (Å²) in [6.45, 7) is 0.0587. The molecular weight excluding hydrogens is 510 g/mol. The molecule has 194 valence electrons. The van der Waals surface area contributed by atoms with E-state index in [0.717, 1.165) is 0 Å². The lowest BCUT2D eigenvalue weighted by atomic mass is 9.77. The van der Waals surface area contributed by atoms with Gasteiger partial charge in [0.1, 0.15) is 5.60 Å². The second kappa shape index (κ2) is 8.57. The molecule has 14 heteroatoms. The van der Waals surface area contributed by atoms with Crippen LogP contribution in [0.15, 0.2) is 36.4 Å². The Morgan fingerprint density at radius 1 is 0.543 bits per heavy atom. The normalized spacial score (nSPS) is 18.3. The Morgan fingerprint density at radius 2 is 0.829 bits per heavy atom. The number of halogens is 12. The largest absolute Gasteiger partial charge is 0.416 e. The number of aliphatic hydroxyl groups is 1. The predicted octanol–water partition coefficient (Wildman–Crippen LogP) is 6.75. The minimum atomic E-state index is -5.37. The zero-order chi connectivity index (χ0) is 26.6. The van der Waals surface area contributed by atoms with Gasteiger partial charge < -0.3 is 10.4 Å². The smallest absolute Gasteiger partial charge is 0.379 e. The second-order valence-electron chi connectivity index (χ2n) is 8.00. The van der Waals surface area contributed by atoms with E-state index in [2.05, 4.69) is 5.32 Å². The van der Waals surface area contributed by atoms with Gasteiger partial charge in [0.25, 0.3) is 0 Å². The molecule has 1 atom stereocenters. The summed E-state index contributed by atoms with van der Waals surface area (Å²) in [5.74, 6) is 0. The van der Waals surface area contributed by atoms with Crippen molar-refractivity contribution in [3.8, 4) is 0 Å². The fourth-order valence-corrected chi connectivity index (χ4v) is 3.96. The summed E-state index contributed by atoms with van der Waals surface area (Å²) < 4.78 is 161. The molecule has 35 heavy (non-hydrogen) atoms. The van der Waals surface area contributed by atoms with Gasteiger partial charge in [-0.25, -0.2) is 0 Å². The third-order valence-electron chi connectivity index (χ3n) is 5.62. The van der Waals surface area contributed by atoms with Gasteiger partial charge in [0, 0.05) is 6.04 Å². The number of benzene rings is 2. The van der Waals surface area contributed by atoms with E-state index in [1.807, 2.05) is 0 Å². The molecule has 1 aliphatic heterocycles. The third-order valence-corrected chi connectivity index (χ3v) is 5.62. The van der Waals surface area contributed by atoms with E-state index >= 15 is 0 Å². The van der Waals surface area contributed by atoms with Gasteiger partial charge in [-0.15, -0.1) is 0 Å². The number of alkyl halides is 12. The lowest BCUT2D eigenvalue weighted by molar-refractivity contribution is -0.144. The van der Waals surface area contributed by atoms with Gasteiger partial charge in [0.15, 0.2) is 0 Å². The fourth-order valence-electron chi connectivity index (χ4n) is 3.96. The zero-order valence-corrected chi connectivity index (χ0v) is 17.1. The van der Waals surface area contributed by atoms with Crippen molar-refractivity contribution in [2.45, 2.75) is 49.2 Å². The van der Waals surface area contributed by atoms with Gasteiger partial charge in [0.2, 0.25) is 0 Å². The van der Waals surface area contributed by atoms with Gasteiger partial charge in [-0.3, -0.25) is 0 Å². The van der Waals surface area contributed by atoms with Crippen molar-refractivity contribution in [1.82, 2.24) is 5.32 Å². The second-order valence-corrected chi connectivity index (χ2v) is 8.00. The number of rotatable bonds is 3. The fraction of sp³-hybridized carbons (Fsp3) is 0.429. The zero-order valence-electron chi connectivity index (χ0n) is 17.1. The van der Waals surface area contributed by atoms with Gasteiger partial charge in [-0.2, -0.15) is 52.7 Å². The van der Waals surface area contributed by atoms with Crippen LogP contribution >= 0.6 is 0 Å². The molecule has 2 N–H and O–H groups in total. The van der Waals surface area contributed by atoms with Crippen molar-refractivity contribution in [3.63, 3.8) is 0 Å². The Balaban J connectivity index is 2.41. The summed E-state index contributed by atoms with van der Waals surface area (Å²) >= 11 is 0. The molecule has 2 nitrogen and oxygen atoms in total. The molecule has 0 aliphatic carbocycles. The number of nitrogens with one attached hydrogen (secondary N) is 1. The Hall–Kier alpha value is -2.48. The Bertz CT molecular complexity index is 936. The van der Waals surface area contributed by atoms with E-state index in [-0.39, 0.29) is 55.8 Å².